The summed E-state index contributed by atoms with van der Waals surface area (Å²) in [7, 11) is 2.14. The summed E-state index contributed by atoms with van der Waals surface area (Å²) < 4.78 is 0. The summed E-state index contributed by atoms with van der Waals surface area (Å²) in [6, 6.07) is 5.88. The van der Waals surface area contributed by atoms with E-state index in [0.29, 0.717) is 17.3 Å². The predicted molar refractivity (Wildman–Crippen MR) is 101 cm³/mol. The predicted octanol–water partition coefficient (Wildman–Crippen LogP) is 2.10. The van der Waals surface area contributed by atoms with Gasteiger partial charge < -0.3 is 15.5 Å². The molecule has 3 heterocycles. The second-order valence-electron chi connectivity index (χ2n) is 7.04. The molecule has 0 radical (unpaired) electrons. The monoisotopic (exact) mass is 336 g/mol. The molecule has 0 bridgehead atoms. The molecule has 3 N–H and O–H groups in total. The molecular formula is C19H24N6. The molecule has 0 spiro atoms. The van der Waals surface area contributed by atoms with E-state index >= 15 is 0 Å². The zero-order valence-corrected chi connectivity index (χ0v) is 14.6. The number of nitrogen functional groups attached to an aromatic ring is 1. The second-order valence-corrected chi connectivity index (χ2v) is 7.04. The minimum Gasteiger partial charge on any atom is -0.397 e. The normalized spacial score (nSPS) is 18.4. The van der Waals surface area contributed by atoms with Crippen molar-refractivity contribution in [2.24, 2.45) is 0 Å². The lowest BCUT2D eigenvalue weighted by molar-refractivity contribution is 0.312. The van der Waals surface area contributed by atoms with Gasteiger partial charge in [-0.25, -0.2) is 4.98 Å². The number of hydrogen-bond acceptors (Lipinski definition) is 6. The number of likely N-dealkylation sites (N-methyl/N-ethyl adjacent to an activating group) is 1. The average molecular weight is 336 g/mol. The van der Waals surface area contributed by atoms with Crippen molar-refractivity contribution in [2.75, 3.05) is 43.9 Å². The number of hydrogen-bond donors (Lipinski definition) is 2. The molecular weight excluding hydrogens is 312 g/mol. The molecule has 4 rings (SSSR count). The maximum Gasteiger partial charge on any atom is 0.129 e. The molecule has 0 amide bonds. The average Bonchev–Trinajstić information content (AvgIpc) is 3.47. The van der Waals surface area contributed by atoms with Gasteiger partial charge in [-0.3, -0.25) is 10.4 Å². The largest absolute Gasteiger partial charge is 0.397 e. The lowest BCUT2D eigenvalue weighted by Crippen LogP contribution is -2.44. The highest BCUT2D eigenvalue weighted by Crippen LogP contribution is 2.39. The SMILES string of the molecule is CN1CCN(c2cc(C(=N)c3cc(C4CC4)ncc3N)ccn2)CC1. The zero-order valence-electron chi connectivity index (χ0n) is 14.6. The van der Waals surface area contributed by atoms with Crippen LogP contribution in [-0.4, -0.2) is 53.8 Å². The first-order valence-electron chi connectivity index (χ1n) is 8.86. The van der Waals surface area contributed by atoms with Gasteiger partial charge in [-0.1, -0.05) is 0 Å². The van der Waals surface area contributed by atoms with Crippen molar-refractivity contribution in [2.45, 2.75) is 18.8 Å². The minimum absolute atomic E-state index is 0.444. The Balaban J connectivity index is 1.60. The van der Waals surface area contributed by atoms with Crippen LogP contribution in [0.5, 0.6) is 0 Å². The van der Waals surface area contributed by atoms with Crippen molar-refractivity contribution in [1.82, 2.24) is 14.9 Å². The molecule has 1 saturated carbocycles. The van der Waals surface area contributed by atoms with Crippen molar-refractivity contribution in [1.29, 1.82) is 5.41 Å². The van der Waals surface area contributed by atoms with Gasteiger partial charge in [0.25, 0.3) is 0 Å². The molecule has 2 aromatic rings. The highest BCUT2D eigenvalue weighted by Gasteiger charge is 2.26. The van der Waals surface area contributed by atoms with Crippen molar-refractivity contribution in [3.8, 4) is 0 Å². The van der Waals surface area contributed by atoms with Crippen LogP contribution in [0.1, 0.15) is 35.6 Å². The van der Waals surface area contributed by atoms with Crippen molar-refractivity contribution >= 4 is 17.2 Å². The van der Waals surface area contributed by atoms with Crippen LogP contribution < -0.4 is 10.6 Å². The summed E-state index contributed by atoms with van der Waals surface area (Å²) >= 11 is 0. The van der Waals surface area contributed by atoms with E-state index < -0.39 is 0 Å². The lowest BCUT2D eigenvalue weighted by Gasteiger charge is -2.33. The van der Waals surface area contributed by atoms with Gasteiger partial charge in [0.05, 0.1) is 17.6 Å². The molecule has 25 heavy (non-hydrogen) atoms. The Hall–Kier alpha value is -2.47. The standard InChI is InChI=1S/C19H24N6/c1-24-6-8-25(9-7-24)18-10-14(4-5-22-18)19(21)15-11-17(13-2-3-13)23-12-16(15)20/h4-5,10-13,21H,2-3,6-9,20H2,1H3. The first-order valence-corrected chi connectivity index (χ1v) is 8.86. The molecule has 6 nitrogen and oxygen atoms in total. The van der Waals surface area contributed by atoms with Gasteiger partial charge in [0, 0.05) is 55.1 Å². The lowest BCUT2D eigenvalue weighted by atomic mass is 10.0. The summed E-state index contributed by atoms with van der Waals surface area (Å²) in [6.45, 7) is 3.99. The van der Waals surface area contributed by atoms with Crippen LogP contribution in [0.3, 0.4) is 0 Å². The molecule has 0 aromatic carbocycles. The van der Waals surface area contributed by atoms with Gasteiger partial charge in [-0.15, -0.1) is 0 Å². The maximum atomic E-state index is 8.65. The van der Waals surface area contributed by atoms with Crippen LogP contribution in [0, 0.1) is 5.41 Å². The highest BCUT2D eigenvalue weighted by molar-refractivity contribution is 6.14. The fourth-order valence-corrected chi connectivity index (χ4v) is 3.24. The quantitative estimate of drug-likeness (QED) is 0.836. The summed E-state index contributed by atoms with van der Waals surface area (Å²) in [6.07, 6.45) is 5.86. The molecule has 1 aliphatic carbocycles. The number of nitrogens with two attached hydrogens (primary N) is 1. The van der Waals surface area contributed by atoms with Gasteiger partial charge in [0.2, 0.25) is 0 Å². The van der Waals surface area contributed by atoms with E-state index in [0.717, 1.165) is 48.8 Å². The molecule has 130 valence electrons. The van der Waals surface area contributed by atoms with Crippen LogP contribution in [0.4, 0.5) is 11.5 Å². The fourth-order valence-electron chi connectivity index (χ4n) is 3.24. The molecule has 2 aliphatic rings. The molecule has 2 aromatic heterocycles. The third-order valence-corrected chi connectivity index (χ3v) is 5.08. The van der Waals surface area contributed by atoms with E-state index in [4.69, 9.17) is 11.1 Å². The molecule has 1 aliphatic heterocycles. The smallest absolute Gasteiger partial charge is 0.129 e. The van der Waals surface area contributed by atoms with Gasteiger partial charge in [-0.2, -0.15) is 0 Å². The van der Waals surface area contributed by atoms with Crippen LogP contribution in [0.2, 0.25) is 0 Å². The van der Waals surface area contributed by atoms with Crippen molar-refractivity contribution in [3.05, 3.63) is 47.4 Å². The molecule has 2 fully saturated rings. The third-order valence-electron chi connectivity index (χ3n) is 5.08. The number of rotatable bonds is 4. The number of nitrogens with zero attached hydrogens (tertiary/aromatic N) is 4. The Morgan fingerprint density at radius 1 is 1.16 bits per heavy atom. The Morgan fingerprint density at radius 3 is 2.64 bits per heavy atom. The maximum absolute atomic E-state index is 8.65. The Bertz CT molecular complexity index is 790. The van der Waals surface area contributed by atoms with Gasteiger partial charge in [-0.05, 0) is 38.1 Å². The molecule has 6 heteroatoms. The first-order chi connectivity index (χ1) is 12.1. The third kappa shape index (κ3) is 3.35. The Kier molecular flexibility index (Phi) is 4.13. The van der Waals surface area contributed by atoms with Gasteiger partial charge >= 0.3 is 0 Å². The number of aromatic nitrogens is 2. The van der Waals surface area contributed by atoms with Crippen LogP contribution in [0.25, 0.3) is 0 Å². The number of anilines is 2. The van der Waals surface area contributed by atoms with Crippen molar-refractivity contribution < 1.29 is 0 Å². The van der Waals surface area contributed by atoms with Crippen LogP contribution >= 0.6 is 0 Å². The topological polar surface area (TPSA) is 82.1 Å². The molecule has 0 unspecified atom stereocenters. The number of nitrogens with one attached hydrogen (secondary N) is 1. The second kappa shape index (κ2) is 6.44. The molecule has 0 atom stereocenters. The van der Waals surface area contributed by atoms with E-state index in [-0.39, 0.29) is 0 Å². The van der Waals surface area contributed by atoms with E-state index in [1.807, 2.05) is 18.2 Å². The first kappa shape index (κ1) is 16.0. The number of pyridine rings is 2. The van der Waals surface area contributed by atoms with Crippen LogP contribution in [0.15, 0.2) is 30.6 Å². The summed E-state index contributed by atoms with van der Waals surface area (Å²) in [5, 5.41) is 8.65. The summed E-state index contributed by atoms with van der Waals surface area (Å²) in [4.78, 5) is 13.5. The molecule has 1 saturated heterocycles. The summed E-state index contributed by atoms with van der Waals surface area (Å²) in [5.74, 6) is 1.48. The Labute approximate surface area is 148 Å². The van der Waals surface area contributed by atoms with E-state index in [2.05, 4.69) is 26.8 Å². The van der Waals surface area contributed by atoms with Gasteiger partial charge in [0.15, 0.2) is 0 Å². The minimum atomic E-state index is 0.444. The summed E-state index contributed by atoms with van der Waals surface area (Å²) in [5.41, 5.74) is 9.79. The van der Waals surface area contributed by atoms with Gasteiger partial charge in [0.1, 0.15) is 5.82 Å². The Morgan fingerprint density at radius 2 is 1.92 bits per heavy atom. The van der Waals surface area contributed by atoms with Crippen LogP contribution in [-0.2, 0) is 0 Å². The highest BCUT2D eigenvalue weighted by atomic mass is 15.3. The van der Waals surface area contributed by atoms with E-state index in [1.165, 1.54) is 12.8 Å². The van der Waals surface area contributed by atoms with Crippen molar-refractivity contribution in [3.63, 3.8) is 0 Å². The van der Waals surface area contributed by atoms with E-state index in [9.17, 15) is 0 Å². The fraction of sp³-hybridized carbons (Fsp3) is 0.421. The van der Waals surface area contributed by atoms with E-state index in [1.54, 1.807) is 12.4 Å². The zero-order chi connectivity index (χ0) is 17.4. The number of piperazine rings is 1.